The third-order valence-electron chi connectivity index (χ3n) is 2.81. The molecule has 2 aromatic carbocycles. The van der Waals surface area contributed by atoms with Crippen LogP contribution < -0.4 is 15.8 Å². The number of nitrogen functional groups attached to an aromatic ring is 1. The number of amides is 1. The van der Waals surface area contributed by atoms with Gasteiger partial charge in [0.15, 0.2) is 5.75 Å². The van der Waals surface area contributed by atoms with Gasteiger partial charge in [0.1, 0.15) is 5.75 Å². The largest absolute Gasteiger partial charge is 0.454 e. The zero-order valence-electron chi connectivity index (χ0n) is 11.2. The van der Waals surface area contributed by atoms with Crippen LogP contribution >= 0.6 is 15.9 Å². The molecule has 1 amide bonds. The molecular formula is C15H15BrN2O2. The number of aryl methyl sites for hydroxylation is 1. The minimum absolute atomic E-state index is 0.183. The van der Waals surface area contributed by atoms with E-state index in [2.05, 4.69) is 21.2 Å². The van der Waals surface area contributed by atoms with E-state index in [4.69, 9.17) is 10.5 Å². The van der Waals surface area contributed by atoms with Crippen molar-refractivity contribution in [3.05, 3.63) is 52.0 Å². The van der Waals surface area contributed by atoms with Crippen LogP contribution in [0.15, 0.2) is 40.9 Å². The smallest absolute Gasteiger partial charge is 0.251 e. The van der Waals surface area contributed by atoms with E-state index in [9.17, 15) is 4.79 Å². The van der Waals surface area contributed by atoms with E-state index in [1.165, 1.54) is 0 Å². The van der Waals surface area contributed by atoms with Gasteiger partial charge in [0.25, 0.3) is 5.91 Å². The van der Waals surface area contributed by atoms with Crippen molar-refractivity contribution in [3.8, 4) is 11.5 Å². The lowest BCUT2D eigenvalue weighted by Gasteiger charge is -2.11. The first-order chi connectivity index (χ1) is 9.51. The number of nitrogens with one attached hydrogen (secondary N) is 1. The third kappa shape index (κ3) is 3.11. The van der Waals surface area contributed by atoms with E-state index in [1.807, 2.05) is 25.1 Å². The Bertz CT molecular complexity index is 656. The first kappa shape index (κ1) is 14.4. The lowest BCUT2D eigenvalue weighted by atomic mass is 10.1. The number of benzene rings is 2. The van der Waals surface area contributed by atoms with E-state index in [-0.39, 0.29) is 5.91 Å². The predicted molar refractivity (Wildman–Crippen MR) is 83.2 cm³/mol. The number of hydrogen-bond donors (Lipinski definition) is 2. The Balaban J connectivity index is 2.35. The number of halogens is 1. The molecule has 0 fully saturated rings. The van der Waals surface area contributed by atoms with Crippen LogP contribution in [0, 0.1) is 6.92 Å². The zero-order chi connectivity index (χ0) is 14.7. The fourth-order valence-corrected chi connectivity index (χ4v) is 2.29. The van der Waals surface area contributed by atoms with Crippen LogP contribution in [0.5, 0.6) is 11.5 Å². The highest BCUT2D eigenvalue weighted by Crippen LogP contribution is 2.33. The zero-order valence-corrected chi connectivity index (χ0v) is 12.8. The summed E-state index contributed by atoms with van der Waals surface area (Å²) in [7, 11) is 1.58. The summed E-state index contributed by atoms with van der Waals surface area (Å²) in [4.78, 5) is 11.6. The number of hydrogen-bond acceptors (Lipinski definition) is 3. The summed E-state index contributed by atoms with van der Waals surface area (Å²) in [6.45, 7) is 2.00. The van der Waals surface area contributed by atoms with Crippen LogP contribution in [0.3, 0.4) is 0 Å². The van der Waals surface area contributed by atoms with E-state index >= 15 is 0 Å². The third-order valence-corrected chi connectivity index (χ3v) is 3.43. The Morgan fingerprint density at radius 2 is 1.95 bits per heavy atom. The highest BCUT2D eigenvalue weighted by molar-refractivity contribution is 9.10. The van der Waals surface area contributed by atoms with Gasteiger partial charge in [-0.25, -0.2) is 0 Å². The number of carbonyl (C=O) groups is 1. The van der Waals surface area contributed by atoms with Gasteiger partial charge in [-0.2, -0.15) is 0 Å². The molecule has 0 radical (unpaired) electrons. The standard InChI is InChI=1S/C15H15BrN2O2/c1-9-3-6-13(11(16)7-9)20-14-8-10(15(19)18-2)4-5-12(14)17/h3-8H,17H2,1-2H3,(H,18,19). The fourth-order valence-electron chi connectivity index (χ4n) is 1.72. The Morgan fingerprint density at radius 3 is 2.60 bits per heavy atom. The number of anilines is 1. The molecule has 0 aliphatic carbocycles. The van der Waals surface area contributed by atoms with Crippen molar-refractivity contribution in [2.75, 3.05) is 12.8 Å². The van der Waals surface area contributed by atoms with Crippen molar-refractivity contribution in [1.29, 1.82) is 0 Å². The molecule has 0 aliphatic rings. The van der Waals surface area contributed by atoms with Crippen molar-refractivity contribution in [3.63, 3.8) is 0 Å². The van der Waals surface area contributed by atoms with Crippen LogP contribution in [0.4, 0.5) is 5.69 Å². The highest BCUT2D eigenvalue weighted by atomic mass is 79.9. The first-order valence-corrected chi connectivity index (χ1v) is 6.86. The average Bonchev–Trinajstić information content (AvgIpc) is 2.43. The van der Waals surface area contributed by atoms with Crippen LogP contribution in [-0.4, -0.2) is 13.0 Å². The van der Waals surface area contributed by atoms with E-state index in [0.717, 1.165) is 10.0 Å². The van der Waals surface area contributed by atoms with Gasteiger partial charge >= 0.3 is 0 Å². The predicted octanol–water partition coefficient (Wildman–Crippen LogP) is 3.49. The minimum Gasteiger partial charge on any atom is -0.454 e. The first-order valence-electron chi connectivity index (χ1n) is 6.07. The number of ether oxygens (including phenoxy) is 1. The molecule has 0 atom stereocenters. The van der Waals surface area contributed by atoms with Gasteiger partial charge < -0.3 is 15.8 Å². The van der Waals surface area contributed by atoms with Crippen LogP contribution in [0.2, 0.25) is 0 Å². The summed E-state index contributed by atoms with van der Waals surface area (Å²) in [5, 5.41) is 2.57. The summed E-state index contributed by atoms with van der Waals surface area (Å²) in [6, 6.07) is 10.7. The molecule has 0 aromatic heterocycles. The van der Waals surface area contributed by atoms with Crippen molar-refractivity contribution in [1.82, 2.24) is 5.32 Å². The summed E-state index contributed by atoms with van der Waals surface area (Å²) in [5.74, 6) is 0.921. The minimum atomic E-state index is -0.183. The van der Waals surface area contributed by atoms with E-state index in [1.54, 1.807) is 25.2 Å². The molecule has 0 saturated heterocycles. The van der Waals surface area contributed by atoms with Gasteiger partial charge in [-0.15, -0.1) is 0 Å². The second kappa shape index (κ2) is 5.96. The molecule has 0 saturated carbocycles. The summed E-state index contributed by atoms with van der Waals surface area (Å²) in [5.41, 5.74) is 7.99. The van der Waals surface area contributed by atoms with Crippen molar-refractivity contribution in [2.45, 2.75) is 6.92 Å². The maximum atomic E-state index is 11.6. The quantitative estimate of drug-likeness (QED) is 0.844. The maximum Gasteiger partial charge on any atom is 0.251 e. The van der Waals surface area contributed by atoms with Gasteiger partial charge in [0, 0.05) is 12.6 Å². The fraction of sp³-hybridized carbons (Fsp3) is 0.133. The second-order valence-corrected chi connectivity index (χ2v) is 5.22. The van der Waals surface area contributed by atoms with Crippen LogP contribution in [0.1, 0.15) is 15.9 Å². The Kier molecular flexibility index (Phi) is 4.29. The van der Waals surface area contributed by atoms with E-state index < -0.39 is 0 Å². The topological polar surface area (TPSA) is 64.4 Å². The monoisotopic (exact) mass is 334 g/mol. The molecule has 0 unspecified atom stereocenters. The molecule has 0 bridgehead atoms. The van der Waals surface area contributed by atoms with Crippen molar-refractivity contribution < 1.29 is 9.53 Å². The summed E-state index contributed by atoms with van der Waals surface area (Å²) in [6.07, 6.45) is 0. The molecule has 0 spiro atoms. The van der Waals surface area contributed by atoms with E-state index in [0.29, 0.717) is 22.7 Å². The molecule has 0 heterocycles. The highest BCUT2D eigenvalue weighted by Gasteiger charge is 2.10. The molecule has 20 heavy (non-hydrogen) atoms. The number of rotatable bonds is 3. The Hall–Kier alpha value is -2.01. The van der Waals surface area contributed by atoms with Crippen LogP contribution in [0.25, 0.3) is 0 Å². The summed E-state index contributed by atoms with van der Waals surface area (Å²) < 4.78 is 6.61. The number of carbonyl (C=O) groups excluding carboxylic acids is 1. The molecule has 2 aromatic rings. The molecule has 5 heteroatoms. The van der Waals surface area contributed by atoms with Gasteiger partial charge in [0.2, 0.25) is 0 Å². The van der Waals surface area contributed by atoms with Crippen molar-refractivity contribution >= 4 is 27.5 Å². The SMILES string of the molecule is CNC(=O)c1ccc(N)c(Oc2ccc(C)cc2Br)c1. The molecule has 4 nitrogen and oxygen atoms in total. The van der Waals surface area contributed by atoms with Crippen molar-refractivity contribution in [2.24, 2.45) is 0 Å². The molecule has 3 N–H and O–H groups in total. The Morgan fingerprint density at radius 1 is 1.20 bits per heavy atom. The lowest BCUT2D eigenvalue weighted by molar-refractivity contribution is 0.0963. The molecule has 0 aliphatic heterocycles. The lowest BCUT2D eigenvalue weighted by Crippen LogP contribution is -2.17. The normalized spacial score (nSPS) is 10.2. The Labute approximate surface area is 126 Å². The molecular weight excluding hydrogens is 320 g/mol. The second-order valence-electron chi connectivity index (χ2n) is 4.37. The molecule has 2 rings (SSSR count). The average molecular weight is 335 g/mol. The van der Waals surface area contributed by atoms with Gasteiger partial charge in [0.05, 0.1) is 10.2 Å². The summed E-state index contributed by atoms with van der Waals surface area (Å²) >= 11 is 3.45. The van der Waals surface area contributed by atoms with Crippen LogP contribution in [-0.2, 0) is 0 Å². The van der Waals surface area contributed by atoms with Gasteiger partial charge in [-0.05, 0) is 58.7 Å². The van der Waals surface area contributed by atoms with Gasteiger partial charge in [-0.3, -0.25) is 4.79 Å². The number of nitrogens with two attached hydrogens (primary N) is 1. The van der Waals surface area contributed by atoms with Gasteiger partial charge in [-0.1, -0.05) is 6.07 Å². The maximum absolute atomic E-state index is 11.6. The molecule has 104 valence electrons.